The summed E-state index contributed by atoms with van der Waals surface area (Å²) in [6.45, 7) is 0.652. The first kappa shape index (κ1) is 16.9. The van der Waals surface area contributed by atoms with Crippen LogP contribution in [0.4, 0.5) is 0 Å². The third kappa shape index (κ3) is 3.90. The summed E-state index contributed by atoms with van der Waals surface area (Å²) < 4.78 is 27.4. The van der Waals surface area contributed by atoms with Crippen molar-refractivity contribution in [3.8, 4) is 0 Å². The molecular formula is C11H15BrClNO4S. The smallest absolute Gasteiger partial charge is 0.242 e. The molecule has 0 fully saturated rings. The van der Waals surface area contributed by atoms with E-state index in [4.69, 9.17) is 11.6 Å². The van der Waals surface area contributed by atoms with Crippen molar-refractivity contribution in [2.45, 2.75) is 23.8 Å². The minimum Gasteiger partial charge on any atom is -0.394 e. The summed E-state index contributed by atoms with van der Waals surface area (Å²) >= 11 is 9.08. The Bertz CT molecular complexity index is 537. The molecule has 0 unspecified atom stereocenters. The largest absolute Gasteiger partial charge is 0.394 e. The van der Waals surface area contributed by atoms with Crippen molar-refractivity contribution in [2.75, 3.05) is 13.2 Å². The molecule has 0 aromatic heterocycles. The lowest BCUT2D eigenvalue weighted by Crippen LogP contribution is -2.53. The van der Waals surface area contributed by atoms with Crippen LogP contribution >= 0.6 is 27.5 Å². The molecule has 1 aromatic rings. The predicted molar refractivity (Wildman–Crippen MR) is 76.7 cm³/mol. The Labute approximate surface area is 125 Å². The Hall–Kier alpha value is -0.180. The number of hydrogen-bond acceptors (Lipinski definition) is 4. The van der Waals surface area contributed by atoms with E-state index in [9.17, 15) is 18.6 Å². The molecule has 0 saturated carbocycles. The zero-order valence-electron chi connectivity index (χ0n) is 10.2. The Kier molecular flexibility index (Phi) is 5.78. The van der Waals surface area contributed by atoms with Crippen molar-refractivity contribution in [3.63, 3.8) is 0 Å². The summed E-state index contributed by atoms with van der Waals surface area (Å²) in [7, 11) is -3.92. The third-order valence-electron chi connectivity index (χ3n) is 2.82. The molecule has 0 heterocycles. The fourth-order valence-corrected chi connectivity index (χ4v) is 3.94. The van der Waals surface area contributed by atoms with Crippen LogP contribution in [0.25, 0.3) is 0 Å². The molecule has 1 rings (SSSR count). The van der Waals surface area contributed by atoms with Gasteiger partial charge in [0, 0.05) is 4.47 Å². The second kappa shape index (κ2) is 6.51. The van der Waals surface area contributed by atoms with Crippen LogP contribution in [-0.2, 0) is 10.0 Å². The normalized spacial score (nSPS) is 12.7. The van der Waals surface area contributed by atoms with Gasteiger partial charge in [-0.3, -0.25) is 0 Å². The van der Waals surface area contributed by atoms with Gasteiger partial charge >= 0.3 is 0 Å². The van der Waals surface area contributed by atoms with E-state index in [0.717, 1.165) is 0 Å². The van der Waals surface area contributed by atoms with Crippen LogP contribution in [0.15, 0.2) is 27.6 Å². The third-order valence-corrected chi connectivity index (χ3v) is 5.37. The molecule has 0 bridgehead atoms. The monoisotopic (exact) mass is 371 g/mol. The lowest BCUT2D eigenvalue weighted by Gasteiger charge is -2.29. The highest BCUT2D eigenvalue weighted by atomic mass is 79.9. The van der Waals surface area contributed by atoms with Gasteiger partial charge in [-0.25, -0.2) is 13.1 Å². The number of aliphatic hydroxyl groups is 2. The first-order valence-corrected chi connectivity index (χ1v) is 8.16. The molecule has 8 heteroatoms. The quantitative estimate of drug-likeness (QED) is 0.706. The van der Waals surface area contributed by atoms with Crippen molar-refractivity contribution in [1.29, 1.82) is 0 Å². The van der Waals surface area contributed by atoms with Gasteiger partial charge in [0.15, 0.2) is 0 Å². The van der Waals surface area contributed by atoms with Crippen molar-refractivity contribution < 1.29 is 18.6 Å². The highest BCUT2D eigenvalue weighted by Gasteiger charge is 2.33. The summed E-state index contributed by atoms with van der Waals surface area (Å²) in [5, 5.41) is 18.6. The molecule has 0 amide bonds. The van der Waals surface area contributed by atoms with Gasteiger partial charge in [0.25, 0.3) is 0 Å². The first-order valence-electron chi connectivity index (χ1n) is 5.51. The average Bonchev–Trinajstić information content (AvgIpc) is 2.35. The van der Waals surface area contributed by atoms with Gasteiger partial charge in [0.05, 0.1) is 23.8 Å². The van der Waals surface area contributed by atoms with E-state index >= 15 is 0 Å². The van der Waals surface area contributed by atoms with E-state index in [1.165, 1.54) is 12.1 Å². The second-order valence-corrected chi connectivity index (χ2v) is 7.10. The van der Waals surface area contributed by atoms with Crippen LogP contribution in [-0.4, -0.2) is 37.4 Å². The zero-order valence-corrected chi connectivity index (χ0v) is 13.4. The van der Waals surface area contributed by atoms with Gasteiger partial charge in [-0.1, -0.05) is 34.5 Å². The number of rotatable bonds is 6. The topological polar surface area (TPSA) is 86.6 Å². The maximum absolute atomic E-state index is 12.2. The average molecular weight is 373 g/mol. The Morgan fingerprint density at radius 3 is 2.37 bits per heavy atom. The molecule has 0 saturated heterocycles. The van der Waals surface area contributed by atoms with Crippen LogP contribution in [0.2, 0.25) is 5.02 Å². The summed E-state index contributed by atoms with van der Waals surface area (Å²) in [6.07, 6.45) is 0.243. The minimum atomic E-state index is -3.92. The van der Waals surface area contributed by atoms with E-state index in [2.05, 4.69) is 20.7 Å². The second-order valence-electron chi connectivity index (χ2n) is 4.13. The molecule has 5 nitrogen and oxygen atoms in total. The molecule has 108 valence electrons. The number of hydrogen-bond donors (Lipinski definition) is 3. The summed E-state index contributed by atoms with van der Waals surface area (Å²) in [5.74, 6) is 0. The van der Waals surface area contributed by atoms with Crippen molar-refractivity contribution in [2.24, 2.45) is 0 Å². The fourth-order valence-electron chi connectivity index (χ4n) is 1.44. The van der Waals surface area contributed by atoms with Gasteiger partial charge in [0.2, 0.25) is 10.0 Å². The van der Waals surface area contributed by atoms with Crippen LogP contribution in [0.3, 0.4) is 0 Å². The van der Waals surface area contributed by atoms with Gasteiger partial charge in [-0.05, 0) is 24.6 Å². The molecule has 0 spiro atoms. The molecule has 0 aliphatic heterocycles. The molecule has 3 N–H and O–H groups in total. The maximum atomic E-state index is 12.2. The van der Waals surface area contributed by atoms with E-state index < -0.39 is 28.8 Å². The maximum Gasteiger partial charge on any atom is 0.242 e. The summed E-state index contributed by atoms with van der Waals surface area (Å²) in [6, 6.07) is 4.36. The fraction of sp³-hybridized carbons (Fsp3) is 0.455. The highest BCUT2D eigenvalue weighted by Crippen LogP contribution is 2.26. The van der Waals surface area contributed by atoms with Gasteiger partial charge in [-0.15, -0.1) is 0 Å². The van der Waals surface area contributed by atoms with Crippen molar-refractivity contribution in [3.05, 3.63) is 27.7 Å². The summed E-state index contributed by atoms with van der Waals surface area (Å²) in [5.41, 5.74) is -1.30. The molecule has 1 aromatic carbocycles. The van der Waals surface area contributed by atoms with Crippen LogP contribution in [0.1, 0.15) is 13.3 Å². The van der Waals surface area contributed by atoms with E-state index in [1.807, 2.05) is 0 Å². The predicted octanol–water partition coefficient (Wildman–Crippen LogP) is 1.51. The van der Waals surface area contributed by atoms with Gasteiger partial charge in [-0.2, -0.15) is 0 Å². The molecule has 0 aliphatic carbocycles. The van der Waals surface area contributed by atoms with Gasteiger partial charge < -0.3 is 10.2 Å². The van der Waals surface area contributed by atoms with Crippen LogP contribution < -0.4 is 4.72 Å². The highest BCUT2D eigenvalue weighted by molar-refractivity contribution is 9.10. The number of halogens is 2. The Morgan fingerprint density at radius 1 is 1.37 bits per heavy atom. The standard InChI is InChI=1S/C11H15BrClNO4S/c1-2-11(6-15,7-16)14-19(17,18)10-4-3-8(12)5-9(10)13/h3-5,14-16H,2,6-7H2,1H3. The van der Waals surface area contributed by atoms with E-state index in [-0.39, 0.29) is 16.3 Å². The lowest BCUT2D eigenvalue weighted by atomic mass is 10.0. The van der Waals surface area contributed by atoms with Crippen LogP contribution in [0, 0.1) is 0 Å². The zero-order chi connectivity index (χ0) is 14.7. The van der Waals surface area contributed by atoms with E-state index in [0.29, 0.717) is 4.47 Å². The number of sulfonamides is 1. The van der Waals surface area contributed by atoms with E-state index in [1.54, 1.807) is 13.0 Å². The van der Waals surface area contributed by atoms with Gasteiger partial charge in [0.1, 0.15) is 4.90 Å². The minimum absolute atomic E-state index is 0.0581. The Morgan fingerprint density at radius 2 is 1.95 bits per heavy atom. The number of aliphatic hydroxyl groups excluding tert-OH is 2. The van der Waals surface area contributed by atoms with Crippen LogP contribution in [0.5, 0.6) is 0 Å². The SMILES string of the molecule is CCC(CO)(CO)NS(=O)(=O)c1ccc(Br)cc1Cl. The summed E-state index contributed by atoms with van der Waals surface area (Å²) in [4.78, 5) is -0.0999. The first-order chi connectivity index (χ1) is 8.80. The number of nitrogens with one attached hydrogen (secondary N) is 1. The lowest BCUT2D eigenvalue weighted by molar-refractivity contribution is 0.105. The molecule has 19 heavy (non-hydrogen) atoms. The van der Waals surface area contributed by atoms with Crippen molar-refractivity contribution >= 4 is 37.6 Å². The molecule has 0 aliphatic rings. The number of benzene rings is 1. The Balaban J connectivity index is 3.17. The van der Waals surface area contributed by atoms with Crippen molar-refractivity contribution in [1.82, 2.24) is 4.72 Å². The molecule has 0 atom stereocenters. The molecular weight excluding hydrogens is 358 g/mol. The molecule has 0 radical (unpaired) electrons.